The van der Waals surface area contributed by atoms with Crippen LogP contribution in [-0.4, -0.2) is 11.7 Å². The average molecular weight is 347 g/mol. The van der Waals surface area contributed by atoms with E-state index in [9.17, 15) is 31.5 Å². The number of nitrogens with one attached hydrogen (secondary N) is 1. The third-order valence-corrected chi connectivity index (χ3v) is 4.04. The number of benzene rings is 1. The normalized spacial score (nSPS) is 19.1. The Hall–Kier alpha value is -2.25. The molecule has 1 fully saturated rings. The molecule has 2 rings (SSSR count). The summed E-state index contributed by atoms with van der Waals surface area (Å²) in [5.74, 6) is -11.8. The van der Waals surface area contributed by atoms with E-state index in [0.717, 1.165) is 6.08 Å². The molecular weight excluding hydrogens is 333 g/mol. The van der Waals surface area contributed by atoms with Crippen molar-refractivity contribution in [2.45, 2.75) is 26.2 Å². The topological polar surface area (TPSA) is 46.2 Å². The van der Waals surface area contributed by atoms with Gasteiger partial charge >= 0.3 is 0 Å². The molecule has 0 aliphatic heterocycles. The van der Waals surface area contributed by atoms with Gasteiger partial charge in [-0.05, 0) is 24.3 Å². The highest BCUT2D eigenvalue weighted by molar-refractivity contribution is 5.99. The molecule has 0 spiro atoms. The molecule has 2 atom stereocenters. The van der Waals surface area contributed by atoms with E-state index in [1.165, 1.54) is 6.08 Å². The van der Waals surface area contributed by atoms with Gasteiger partial charge < -0.3 is 5.32 Å². The Bertz CT molecular complexity index is 688. The Labute approximate surface area is 134 Å². The van der Waals surface area contributed by atoms with Gasteiger partial charge in [-0.15, -0.1) is 0 Å². The molecule has 0 bridgehead atoms. The van der Waals surface area contributed by atoms with Gasteiger partial charge in [0, 0.05) is 12.8 Å². The van der Waals surface area contributed by atoms with Crippen LogP contribution in [-0.2, 0) is 9.59 Å². The lowest BCUT2D eigenvalue weighted by atomic mass is 9.92. The van der Waals surface area contributed by atoms with Crippen molar-refractivity contribution >= 4 is 17.4 Å². The Morgan fingerprint density at radius 3 is 2.12 bits per heavy atom. The zero-order chi connectivity index (χ0) is 18.0. The molecule has 130 valence electrons. The third kappa shape index (κ3) is 3.63. The second-order valence-electron chi connectivity index (χ2n) is 5.69. The Morgan fingerprint density at radius 1 is 1.08 bits per heavy atom. The molecule has 0 radical (unpaired) electrons. The fraction of sp³-hybridized carbons (Fsp3) is 0.375. The molecule has 0 aromatic heterocycles. The summed E-state index contributed by atoms with van der Waals surface area (Å²) in [4.78, 5) is 22.9. The van der Waals surface area contributed by atoms with Crippen molar-refractivity contribution in [3.05, 3.63) is 41.2 Å². The van der Waals surface area contributed by atoms with E-state index in [0.29, 0.717) is 19.3 Å². The van der Waals surface area contributed by atoms with E-state index >= 15 is 0 Å². The summed E-state index contributed by atoms with van der Waals surface area (Å²) in [5.41, 5.74) is -1.40. The molecule has 0 unspecified atom stereocenters. The molecule has 3 nitrogen and oxygen atoms in total. The SMILES string of the molecule is C[C@@H](/C=C/C(=O)Nc1c(F)c(F)c(F)c(F)c1F)[C@@H]1CCC(=O)C1. The zero-order valence-electron chi connectivity index (χ0n) is 12.6. The van der Waals surface area contributed by atoms with Gasteiger partial charge in [-0.2, -0.15) is 0 Å². The van der Waals surface area contributed by atoms with E-state index in [-0.39, 0.29) is 17.6 Å². The number of hydrogen-bond donors (Lipinski definition) is 1. The van der Waals surface area contributed by atoms with E-state index < -0.39 is 40.7 Å². The molecule has 1 aliphatic rings. The predicted molar refractivity (Wildman–Crippen MR) is 75.5 cm³/mol. The van der Waals surface area contributed by atoms with Crippen molar-refractivity contribution in [2.75, 3.05) is 5.32 Å². The minimum absolute atomic E-state index is 0.0655. The number of Topliss-reactive ketones (excluding diaryl/α,β-unsaturated/α-hetero) is 1. The number of hydrogen-bond acceptors (Lipinski definition) is 2. The number of ketones is 1. The van der Waals surface area contributed by atoms with Crippen molar-refractivity contribution in [1.82, 2.24) is 0 Å². The van der Waals surface area contributed by atoms with Crippen LogP contribution in [0.4, 0.5) is 27.6 Å². The maximum Gasteiger partial charge on any atom is 0.248 e. The first-order valence-corrected chi connectivity index (χ1v) is 7.24. The van der Waals surface area contributed by atoms with Crippen LogP contribution in [0.5, 0.6) is 0 Å². The smallest absolute Gasteiger partial charge is 0.248 e. The lowest BCUT2D eigenvalue weighted by Crippen LogP contribution is -2.15. The average Bonchev–Trinajstić information content (AvgIpc) is 2.99. The first kappa shape index (κ1) is 18.1. The second-order valence-corrected chi connectivity index (χ2v) is 5.69. The molecule has 1 aromatic carbocycles. The van der Waals surface area contributed by atoms with Crippen molar-refractivity contribution < 1.29 is 31.5 Å². The van der Waals surface area contributed by atoms with Crippen LogP contribution >= 0.6 is 0 Å². The lowest BCUT2D eigenvalue weighted by Gasteiger charge is -2.13. The van der Waals surface area contributed by atoms with Crippen molar-refractivity contribution in [2.24, 2.45) is 11.8 Å². The van der Waals surface area contributed by atoms with Crippen molar-refractivity contribution in [1.29, 1.82) is 0 Å². The third-order valence-electron chi connectivity index (χ3n) is 4.04. The fourth-order valence-corrected chi connectivity index (χ4v) is 2.57. The number of halogens is 5. The van der Waals surface area contributed by atoms with Gasteiger partial charge in [-0.1, -0.05) is 13.0 Å². The number of anilines is 1. The molecule has 0 saturated heterocycles. The monoisotopic (exact) mass is 347 g/mol. The van der Waals surface area contributed by atoms with Gasteiger partial charge in [0.15, 0.2) is 23.3 Å². The molecular formula is C16H14F5NO2. The first-order valence-electron chi connectivity index (χ1n) is 7.24. The molecule has 1 aromatic rings. The summed E-state index contributed by atoms with van der Waals surface area (Å²) in [7, 11) is 0. The first-order chi connectivity index (χ1) is 11.2. The Kier molecular flexibility index (Phi) is 5.36. The van der Waals surface area contributed by atoms with Crippen LogP contribution in [0.3, 0.4) is 0 Å². The van der Waals surface area contributed by atoms with Crippen LogP contribution in [0.1, 0.15) is 26.2 Å². The molecule has 1 N–H and O–H groups in total. The minimum atomic E-state index is -2.29. The summed E-state index contributed by atoms with van der Waals surface area (Å²) in [5, 5.41) is 1.65. The maximum atomic E-state index is 13.5. The van der Waals surface area contributed by atoms with Gasteiger partial charge in [0.1, 0.15) is 11.5 Å². The quantitative estimate of drug-likeness (QED) is 0.389. The Balaban J connectivity index is 2.10. The molecule has 1 amide bonds. The van der Waals surface area contributed by atoms with Gasteiger partial charge in [-0.3, -0.25) is 9.59 Å². The van der Waals surface area contributed by atoms with Crippen LogP contribution < -0.4 is 5.32 Å². The standard InChI is InChI=1S/C16H14F5NO2/c1-7(8-3-4-9(23)6-8)2-5-10(24)22-16-14(20)12(18)11(17)13(19)15(16)21/h2,5,7-8H,3-4,6H2,1H3,(H,22,24)/b5-2+/t7-,8+/m0/s1. The molecule has 1 saturated carbocycles. The maximum absolute atomic E-state index is 13.5. The fourth-order valence-electron chi connectivity index (χ4n) is 2.57. The molecule has 1 aliphatic carbocycles. The van der Waals surface area contributed by atoms with Crippen molar-refractivity contribution in [3.8, 4) is 0 Å². The highest BCUT2D eigenvalue weighted by Crippen LogP contribution is 2.30. The van der Waals surface area contributed by atoms with Gasteiger partial charge in [0.2, 0.25) is 11.7 Å². The van der Waals surface area contributed by atoms with E-state index in [4.69, 9.17) is 0 Å². The van der Waals surface area contributed by atoms with Crippen LogP contribution in [0.15, 0.2) is 12.2 Å². The summed E-state index contributed by atoms with van der Waals surface area (Å²) in [6, 6.07) is 0. The van der Waals surface area contributed by atoms with Gasteiger partial charge in [-0.25, -0.2) is 22.0 Å². The van der Waals surface area contributed by atoms with Gasteiger partial charge in [0.25, 0.3) is 0 Å². The molecule has 24 heavy (non-hydrogen) atoms. The largest absolute Gasteiger partial charge is 0.317 e. The van der Waals surface area contributed by atoms with E-state index in [1.54, 1.807) is 12.2 Å². The number of allylic oxidation sites excluding steroid dienone is 1. The molecule has 8 heteroatoms. The summed E-state index contributed by atoms with van der Waals surface area (Å²) < 4.78 is 65.9. The Morgan fingerprint density at radius 2 is 1.62 bits per heavy atom. The van der Waals surface area contributed by atoms with Crippen LogP contribution in [0.25, 0.3) is 0 Å². The number of carbonyl (C=O) groups excluding carboxylic acids is 2. The number of rotatable bonds is 4. The number of carbonyl (C=O) groups is 2. The van der Waals surface area contributed by atoms with Gasteiger partial charge in [0.05, 0.1) is 0 Å². The second kappa shape index (κ2) is 7.11. The summed E-state index contributed by atoms with van der Waals surface area (Å²) >= 11 is 0. The van der Waals surface area contributed by atoms with Crippen LogP contribution in [0.2, 0.25) is 0 Å². The van der Waals surface area contributed by atoms with Crippen LogP contribution in [0, 0.1) is 40.9 Å². The lowest BCUT2D eigenvalue weighted by molar-refractivity contribution is -0.117. The van der Waals surface area contributed by atoms with Crippen molar-refractivity contribution in [3.63, 3.8) is 0 Å². The zero-order valence-corrected chi connectivity index (χ0v) is 12.6. The highest BCUT2D eigenvalue weighted by atomic mass is 19.2. The summed E-state index contributed by atoms with van der Waals surface area (Å²) in [6.45, 7) is 1.77. The molecule has 0 heterocycles. The highest BCUT2D eigenvalue weighted by Gasteiger charge is 2.27. The number of amides is 1. The summed E-state index contributed by atoms with van der Waals surface area (Å²) in [6.07, 6.45) is 3.93. The van der Waals surface area contributed by atoms with E-state index in [1.807, 2.05) is 0 Å². The van der Waals surface area contributed by atoms with E-state index in [2.05, 4.69) is 0 Å². The minimum Gasteiger partial charge on any atom is -0.317 e. The predicted octanol–water partition coefficient (Wildman–Crippen LogP) is 3.88.